The molecular weight excluding hydrogens is 378 g/mol. The van der Waals surface area contributed by atoms with Gasteiger partial charge in [0.15, 0.2) is 0 Å². The third-order valence-corrected chi connectivity index (χ3v) is 5.33. The minimum absolute atomic E-state index is 0.126. The van der Waals surface area contributed by atoms with Crippen molar-refractivity contribution in [2.75, 3.05) is 4.72 Å². The standard InChI is InChI=1S/C14H13BrClNO3S/c1-9-2-3-10(8-18)6-14(9)21(19,20)17-13-7-11(16)4-5-12(13)15/h2-7,17-18H,8H2,1H3. The average molecular weight is 391 g/mol. The van der Waals surface area contributed by atoms with Crippen LogP contribution in [0.2, 0.25) is 5.02 Å². The van der Waals surface area contributed by atoms with Gasteiger partial charge in [-0.2, -0.15) is 0 Å². The fourth-order valence-corrected chi connectivity index (χ4v) is 3.82. The Kier molecular flexibility index (Phi) is 4.93. The Bertz CT molecular complexity index is 778. The molecule has 0 aliphatic rings. The molecule has 0 aliphatic carbocycles. The smallest absolute Gasteiger partial charge is 0.262 e. The zero-order valence-corrected chi connectivity index (χ0v) is 14.3. The third-order valence-electron chi connectivity index (χ3n) is 2.90. The summed E-state index contributed by atoms with van der Waals surface area (Å²) in [5, 5.41) is 9.58. The third kappa shape index (κ3) is 3.77. The van der Waals surface area contributed by atoms with Crippen LogP contribution in [0.4, 0.5) is 5.69 Å². The first-order valence-corrected chi connectivity index (χ1v) is 8.67. The second-order valence-corrected chi connectivity index (χ2v) is 7.43. The molecular formula is C14H13BrClNO3S. The molecule has 0 saturated carbocycles. The van der Waals surface area contributed by atoms with Crippen LogP contribution in [-0.4, -0.2) is 13.5 Å². The summed E-state index contributed by atoms with van der Waals surface area (Å²) >= 11 is 9.16. The highest BCUT2D eigenvalue weighted by Gasteiger charge is 2.18. The van der Waals surface area contributed by atoms with E-state index in [1.54, 1.807) is 31.2 Å². The lowest BCUT2D eigenvalue weighted by molar-refractivity contribution is 0.281. The van der Waals surface area contributed by atoms with Crippen molar-refractivity contribution in [3.63, 3.8) is 0 Å². The molecule has 0 atom stereocenters. The lowest BCUT2D eigenvalue weighted by Gasteiger charge is -2.13. The summed E-state index contributed by atoms with van der Waals surface area (Å²) in [5.74, 6) is 0. The minimum atomic E-state index is -3.77. The van der Waals surface area contributed by atoms with E-state index in [2.05, 4.69) is 20.7 Å². The molecule has 0 aromatic heterocycles. The Morgan fingerprint density at radius 1 is 1.24 bits per heavy atom. The molecule has 0 aliphatic heterocycles. The monoisotopic (exact) mass is 389 g/mol. The highest BCUT2D eigenvalue weighted by Crippen LogP contribution is 2.29. The van der Waals surface area contributed by atoms with Crippen LogP contribution < -0.4 is 4.72 Å². The van der Waals surface area contributed by atoms with Crippen LogP contribution in [0.25, 0.3) is 0 Å². The molecule has 0 bridgehead atoms. The number of aliphatic hydroxyl groups is 1. The van der Waals surface area contributed by atoms with Crippen LogP contribution in [0.1, 0.15) is 11.1 Å². The number of sulfonamides is 1. The first-order valence-electron chi connectivity index (χ1n) is 6.02. The van der Waals surface area contributed by atoms with Gasteiger partial charge in [0, 0.05) is 9.50 Å². The molecule has 0 radical (unpaired) electrons. The van der Waals surface area contributed by atoms with Crippen LogP contribution in [0.5, 0.6) is 0 Å². The minimum Gasteiger partial charge on any atom is -0.392 e. The number of nitrogens with one attached hydrogen (secondary N) is 1. The van der Waals surface area contributed by atoms with Gasteiger partial charge in [-0.15, -0.1) is 0 Å². The van der Waals surface area contributed by atoms with Crippen molar-refractivity contribution in [2.45, 2.75) is 18.4 Å². The summed E-state index contributed by atoms with van der Waals surface area (Å²) < 4.78 is 28.1. The first-order chi connectivity index (χ1) is 9.83. The van der Waals surface area contributed by atoms with Gasteiger partial charge in [0.2, 0.25) is 0 Å². The molecule has 112 valence electrons. The van der Waals surface area contributed by atoms with Gasteiger partial charge < -0.3 is 5.11 Å². The fourth-order valence-electron chi connectivity index (χ4n) is 1.81. The van der Waals surface area contributed by atoms with Crippen molar-refractivity contribution in [1.82, 2.24) is 0 Å². The lowest BCUT2D eigenvalue weighted by atomic mass is 10.2. The number of hydrogen-bond acceptors (Lipinski definition) is 3. The Balaban J connectivity index is 2.45. The molecule has 0 fully saturated rings. The summed E-state index contributed by atoms with van der Waals surface area (Å²) in [6.07, 6.45) is 0. The number of rotatable bonds is 4. The Morgan fingerprint density at radius 3 is 2.62 bits per heavy atom. The molecule has 2 aromatic rings. The number of anilines is 1. The molecule has 4 nitrogen and oxygen atoms in total. The molecule has 21 heavy (non-hydrogen) atoms. The van der Waals surface area contributed by atoms with Gasteiger partial charge in [-0.05, 0) is 58.2 Å². The Labute approximate surface area is 136 Å². The quantitative estimate of drug-likeness (QED) is 0.836. The van der Waals surface area contributed by atoms with Crippen LogP contribution in [0.15, 0.2) is 45.8 Å². The molecule has 2 N–H and O–H groups in total. The molecule has 0 amide bonds. The maximum Gasteiger partial charge on any atom is 0.262 e. The summed E-state index contributed by atoms with van der Waals surface area (Å²) in [7, 11) is -3.77. The normalized spacial score (nSPS) is 11.4. The van der Waals surface area contributed by atoms with Gasteiger partial charge in [0.1, 0.15) is 0 Å². The molecule has 7 heteroatoms. The lowest BCUT2D eigenvalue weighted by Crippen LogP contribution is -2.15. The van der Waals surface area contributed by atoms with Gasteiger partial charge in [0.05, 0.1) is 17.2 Å². The van der Waals surface area contributed by atoms with Crippen molar-refractivity contribution in [2.24, 2.45) is 0 Å². The van der Waals surface area contributed by atoms with E-state index in [0.29, 0.717) is 26.3 Å². The zero-order valence-electron chi connectivity index (χ0n) is 11.1. The van der Waals surface area contributed by atoms with Gasteiger partial charge >= 0.3 is 0 Å². The molecule has 0 heterocycles. The SMILES string of the molecule is Cc1ccc(CO)cc1S(=O)(=O)Nc1cc(Cl)ccc1Br. The van der Waals surface area contributed by atoms with E-state index in [1.165, 1.54) is 12.1 Å². The van der Waals surface area contributed by atoms with Crippen LogP contribution >= 0.6 is 27.5 Å². The predicted octanol–water partition coefficient (Wildman–Crippen LogP) is 3.70. The molecule has 0 saturated heterocycles. The average Bonchev–Trinajstić information content (AvgIpc) is 2.43. The largest absolute Gasteiger partial charge is 0.392 e. The van der Waals surface area contributed by atoms with Crippen molar-refractivity contribution in [1.29, 1.82) is 0 Å². The van der Waals surface area contributed by atoms with Crippen molar-refractivity contribution in [3.05, 3.63) is 57.0 Å². The molecule has 0 unspecified atom stereocenters. The summed E-state index contributed by atoms with van der Waals surface area (Å²) in [5.41, 5.74) is 1.49. The second-order valence-electron chi connectivity index (χ2n) is 4.49. The summed E-state index contributed by atoms with van der Waals surface area (Å²) in [6, 6.07) is 9.64. The van der Waals surface area contributed by atoms with E-state index in [9.17, 15) is 8.42 Å². The highest BCUT2D eigenvalue weighted by molar-refractivity contribution is 9.10. The number of benzene rings is 2. The summed E-state index contributed by atoms with van der Waals surface area (Å²) in [4.78, 5) is 0.126. The fraction of sp³-hybridized carbons (Fsp3) is 0.143. The Hall–Kier alpha value is -1.08. The number of aliphatic hydroxyl groups excluding tert-OH is 1. The van der Waals surface area contributed by atoms with Gasteiger partial charge in [-0.25, -0.2) is 8.42 Å². The van der Waals surface area contributed by atoms with Crippen LogP contribution in [0.3, 0.4) is 0 Å². The second kappa shape index (κ2) is 6.36. The van der Waals surface area contributed by atoms with E-state index < -0.39 is 10.0 Å². The highest BCUT2D eigenvalue weighted by atomic mass is 79.9. The van der Waals surface area contributed by atoms with Crippen molar-refractivity contribution >= 4 is 43.2 Å². The number of aryl methyl sites for hydroxylation is 1. The first kappa shape index (κ1) is 16.3. The topological polar surface area (TPSA) is 66.4 Å². The van der Waals surface area contributed by atoms with Gasteiger partial charge in [0.25, 0.3) is 10.0 Å². The predicted molar refractivity (Wildman–Crippen MR) is 87.1 cm³/mol. The van der Waals surface area contributed by atoms with E-state index in [0.717, 1.165) is 0 Å². The van der Waals surface area contributed by atoms with Crippen molar-refractivity contribution < 1.29 is 13.5 Å². The number of hydrogen-bond donors (Lipinski definition) is 2. The maximum atomic E-state index is 12.5. The van der Waals surface area contributed by atoms with Crippen LogP contribution in [-0.2, 0) is 16.6 Å². The molecule has 2 aromatic carbocycles. The van der Waals surface area contributed by atoms with Crippen LogP contribution in [0, 0.1) is 6.92 Å². The van der Waals surface area contributed by atoms with E-state index >= 15 is 0 Å². The maximum absolute atomic E-state index is 12.5. The van der Waals surface area contributed by atoms with E-state index in [4.69, 9.17) is 16.7 Å². The number of halogens is 2. The molecule has 2 rings (SSSR count). The Morgan fingerprint density at radius 2 is 1.95 bits per heavy atom. The molecule has 0 spiro atoms. The van der Waals surface area contributed by atoms with E-state index in [-0.39, 0.29) is 11.5 Å². The zero-order chi connectivity index (χ0) is 15.6. The van der Waals surface area contributed by atoms with Gasteiger partial charge in [-0.3, -0.25) is 4.72 Å². The van der Waals surface area contributed by atoms with Gasteiger partial charge in [-0.1, -0.05) is 23.7 Å². The van der Waals surface area contributed by atoms with Crippen molar-refractivity contribution in [3.8, 4) is 0 Å². The van der Waals surface area contributed by atoms with E-state index in [1.807, 2.05) is 0 Å². The summed E-state index contributed by atoms with van der Waals surface area (Å²) in [6.45, 7) is 1.48.